The number of methoxy groups -OCH3 is 2. The molecule has 0 spiro atoms. The molecule has 2 N–H and O–H groups in total. The molecule has 2 aromatic rings. The van der Waals surface area contributed by atoms with Crippen LogP contribution in [0.3, 0.4) is 0 Å². The minimum Gasteiger partial charge on any atom is -0.468 e. The van der Waals surface area contributed by atoms with Crippen molar-refractivity contribution in [3.8, 4) is 0 Å². The van der Waals surface area contributed by atoms with Gasteiger partial charge in [-0.3, -0.25) is 9.59 Å². The first-order valence-corrected chi connectivity index (χ1v) is 6.07. The van der Waals surface area contributed by atoms with E-state index in [2.05, 4.69) is 19.6 Å². The van der Waals surface area contributed by atoms with Crippen LogP contribution in [0.4, 0.5) is 0 Å². The minimum atomic E-state index is -1.28. The fourth-order valence-electron chi connectivity index (χ4n) is 2.18. The summed E-state index contributed by atoms with van der Waals surface area (Å²) in [4.78, 5) is 26.8. The summed E-state index contributed by atoms with van der Waals surface area (Å²) >= 11 is 0. The number of hydrogen-bond acceptors (Lipinski definition) is 6. The van der Waals surface area contributed by atoms with Crippen molar-refractivity contribution in [2.24, 2.45) is 5.16 Å². The van der Waals surface area contributed by atoms with Gasteiger partial charge in [0, 0.05) is 16.5 Å². The van der Waals surface area contributed by atoms with Crippen molar-refractivity contribution in [1.29, 1.82) is 0 Å². The van der Waals surface area contributed by atoms with Crippen LogP contribution in [0, 0.1) is 0 Å². The number of carbonyl (C=O) groups is 2. The number of aromatic nitrogens is 1. The Morgan fingerprint density at radius 3 is 2.43 bits per heavy atom. The van der Waals surface area contributed by atoms with E-state index < -0.39 is 17.9 Å². The molecule has 1 heterocycles. The van der Waals surface area contributed by atoms with Gasteiger partial charge in [0.15, 0.2) is 5.92 Å². The lowest BCUT2D eigenvalue weighted by molar-refractivity contribution is -0.154. The molecule has 110 valence electrons. The maximum absolute atomic E-state index is 11.9. The van der Waals surface area contributed by atoms with E-state index in [1.807, 2.05) is 0 Å². The van der Waals surface area contributed by atoms with Crippen molar-refractivity contribution in [3.05, 3.63) is 35.5 Å². The second-order valence-corrected chi connectivity index (χ2v) is 4.22. The number of esters is 2. The monoisotopic (exact) mass is 290 g/mol. The Balaban J connectivity index is 2.69. The predicted octanol–water partition coefficient (Wildman–Crippen LogP) is 1.41. The summed E-state index contributed by atoms with van der Waals surface area (Å²) in [6.45, 7) is 0. The molecule has 1 aromatic heterocycles. The largest absolute Gasteiger partial charge is 0.468 e. The summed E-state index contributed by atoms with van der Waals surface area (Å²) in [5.41, 5.74) is 1.38. The van der Waals surface area contributed by atoms with E-state index >= 15 is 0 Å². The average molecular weight is 290 g/mol. The summed E-state index contributed by atoms with van der Waals surface area (Å²) in [6.07, 6.45) is 1.16. The Kier molecular flexibility index (Phi) is 4.22. The van der Waals surface area contributed by atoms with Crippen molar-refractivity contribution in [1.82, 2.24) is 4.98 Å². The van der Waals surface area contributed by atoms with Gasteiger partial charge in [-0.1, -0.05) is 23.4 Å². The zero-order valence-electron chi connectivity index (χ0n) is 11.5. The van der Waals surface area contributed by atoms with E-state index in [4.69, 9.17) is 5.21 Å². The van der Waals surface area contributed by atoms with Crippen molar-refractivity contribution >= 4 is 29.1 Å². The lowest BCUT2D eigenvalue weighted by Gasteiger charge is -2.12. The maximum Gasteiger partial charge on any atom is 0.326 e. The van der Waals surface area contributed by atoms with Crippen molar-refractivity contribution in [2.75, 3.05) is 14.2 Å². The van der Waals surface area contributed by atoms with Crippen LogP contribution in [0.25, 0.3) is 10.9 Å². The van der Waals surface area contributed by atoms with Gasteiger partial charge in [-0.25, -0.2) is 0 Å². The van der Waals surface area contributed by atoms with Gasteiger partial charge in [0.05, 0.1) is 26.1 Å². The number of nitrogens with zero attached hydrogens (tertiary/aromatic N) is 1. The predicted molar refractivity (Wildman–Crippen MR) is 74.5 cm³/mol. The van der Waals surface area contributed by atoms with Gasteiger partial charge in [0.25, 0.3) is 0 Å². The van der Waals surface area contributed by atoms with Crippen molar-refractivity contribution in [2.45, 2.75) is 5.92 Å². The molecule has 0 saturated carbocycles. The number of oxime groups is 1. The Morgan fingerprint density at radius 1 is 1.24 bits per heavy atom. The molecule has 0 fully saturated rings. The summed E-state index contributed by atoms with van der Waals surface area (Å²) in [5.74, 6) is -2.80. The molecule has 0 amide bonds. The van der Waals surface area contributed by atoms with E-state index in [-0.39, 0.29) is 5.69 Å². The molecular formula is C14H14N2O5. The molecule has 0 saturated heterocycles. The number of ether oxygens (including phenoxy) is 2. The van der Waals surface area contributed by atoms with Crippen molar-refractivity contribution < 1.29 is 24.3 Å². The highest BCUT2D eigenvalue weighted by Crippen LogP contribution is 2.28. The van der Waals surface area contributed by atoms with Crippen LogP contribution in [-0.2, 0) is 19.1 Å². The molecule has 21 heavy (non-hydrogen) atoms. The Bertz CT molecular complexity index is 688. The Hall–Kier alpha value is -2.83. The number of hydrogen-bond donors (Lipinski definition) is 2. The topological polar surface area (TPSA) is 101 Å². The summed E-state index contributed by atoms with van der Waals surface area (Å²) in [5, 5.41) is 12.5. The first kappa shape index (κ1) is 14.6. The molecular weight excluding hydrogens is 276 g/mol. The van der Waals surface area contributed by atoms with Crippen LogP contribution in [0.5, 0.6) is 0 Å². The SMILES string of the molecule is COC(=O)C(C(=O)OC)c1[nH]c2ccccc2c1/C=N/O. The van der Waals surface area contributed by atoms with Gasteiger partial charge >= 0.3 is 11.9 Å². The zero-order valence-corrected chi connectivity index (χ0v) is 11.5. The molecule has 0 bridgehead atoms. The summed E-state index contributed by atoms with van der Waals surface area (Å²) in [7, 11) is 2.36. The average Bonchev–Trinajstić information content (AvgIpc) is 2.86. The van der Waals surface area contributed by atoms with Crippen LogP contribution in [-0.4, -0.2) is 42.6 Å². The highest BCUT2D eigenvalue weighted by Gasteiger charge is 2.34. The number of fused-ring (bicyclic) bond motifs is 1. The molecule has 1 aromatic carbocycles. The number of para-hydroxylation sites is 1. The fourth-order valence-corrected chi connectivity index (χ4v) is 2.18. The third-order valence-electron chi connectivity index (χ3n) is 3.13. The molecule has 0 unspecified atom stereocenters. The number of nitrogens with one attached hydrogen (secondary N) is 1. The standard InChI is InChI=1S/C14H14N2O5/c1-20-13(17)11(14(18)21-2)12-9(7-15-19)8-5-3-4-6-10(8)16-12/h3-7,11,16,19H,1-2H3/b15-7+. The fraction of sp³-hybridized carbons (Fsp3) is 0.214. The van der Waals surface area contributed by atoms with Crippen LogP contribution in [0.2, 0.25) is 0 Å². The summed E-state index contributed by atoms with van der Waals surface area (Å²) in [6, 6.07) is 7.14. The molecule has 0 radical (unpaired) electrons. The van der Waals surface area contributed by atoms with Gasteiger partial charge in [0.1, 0.15) is 0 Å². The first-order chi connectivity index (χ1) is 10.1. The lowest BCUT2D eigenvalue weighted by atomic mass is 10.0. The molecule has 7 nitrogen and oxygen atoms in total. The second-order valence-electron chi connectivity index (χ2n) is 4.22. The molecule has 0 aliphatic heterocycles. The number of H-pyrrole nitrogens is 1. The van der Waals surface area contributed by atoms with E-state index in [9.17, 15) is 9.59 Å². The van der Waals surface area contributed by atoms with Gasteiger partial charge in [-0.15, -0.1) is 0 Å². The zero-order chi connectivity index (χ0) is 15.4. The number of carbonyl (C=O) groups excluding carboxylic acids is 2. The molecule has 0 aliphatic rings. The van der Waals surface area contributed by atoms with Crippen LogP contribution < -0.4 is 0 Å². The van der Waals surface area contributed by atoms with E-state index in [0.29, 0.717) is 16.5 Å². The Labute approximate surface area is 120 Å². The summed E-state index contributed by atoms with van der Waals surface area (Å²) < 4.78 is 9.30. The first-order valence-electron chi connectivity index (χ1n) is 6.07. The highest BCUT2D eigenvalue weighted by molar-refractivity contribution is 6.07. The molecule has 2 rings (SSSR count). The number of aromatic amines is 1. The van der Waals surface area contributed by atoms with E-state index in [1.165, 1.54) is 14.2 Å². The smallest absolute Gasteiger partial charge is 0.326 e. The van der Waals surface area contributed by atoms with Gasteiger partial charge < -0.3 is 19.7 Å². The van der Waals surface area contributed by atoms with Crippen molar-refractivity contribution in [3.63, 3.8) is 0 Å². The van der Waals surface area contributed by atoms with E-state index in [1.54, 1.807) is 24.3 Å². The number of rotatable bonds is 4. The quantitative estimate of drug-likeness (QED) is 0.291. The molecule has 0 atom stereocenters. The lowest BCUT2D eigenvalue weighted by Crippen LogP contribution is -2.25. The normalized spacial score (nSPS) is 11.2. The maximum atomic E-state index is 11.9. The van der Waals surface area contributed by atoms with Crippen LogP contribution in [0.1, 0.15) is 17.2 Å². The van der Waals surface area contributed by atoms with Crippen LogP contribution in [0.15, 0.2) is 29.4 Å². The molecule has 0 aliphatic carbocycles. The van der Waals surface area contributed by atoms with Gasteiger partial charge in [-0.05, 0) is 6.07 Å². The third-order valence-corrected chi connectivity index (χ3v) is 3.13. The number of benzene rings is 1. The van der Waals surface area contributed by atoms with Gasteiger partial charge in [0.2, 0.25) is 0 Å². The molecule has 7 heteroatoms. The van der Waals surface area contributed by atoms with E-state index in [0.717, 1.165) is 6.21 Å². The third kappa shape index (κ3) is 2.58. The second kappa shape index (κ2) is 6.08. The van der Waals surface area contributed by atoms with Gasteiger partial charge in [-0.2, -0.15) is 0 Å². The van der Waals surface area contributed by atoms with Crippen LogP contribution >= 0.6 is 0 Å². The highest BCUT2D eigenvalue weighted by atomic mass is 16.5. The minimum absolute atomic E-state index is 0.257. The Morgan fingerprint density at radius 2 is 1.86 bits per heavy atom.